The maximum Gasteiger partial charge on any atom is 0.411 e. The van der Waals surface area contributed by atoms with Crippen LogP contribution in [0.25, 0.3) is 12.2 Å². The molecule has 0 aliphatic heterocycles. The van der Waals surface area contributed by atoms with Crippen LogP contribution >= 0.6 is 0 Å². The summed E-state index contributed by atoms with van der Waals surface area (Å²) in [5, 5.41) is 9.25. The smallest absolute Gasteiger partial charge is 0.411 e. The van der Waals surface area contributed by atoms with Gasteiger partial charge in [0.15, 0.2) is 0 Å². The predicted octanol–water partition coefficient (Wildman–Crippen LogP) is 4.76. The zero-order valence-electron chi connectivity index (χ0n) is 14.2. The van der Waals surface area contributed by atoms with Crippen molar-refractivity contribution in [1.29, 1.82) is 0 Å². The van der Waals surface area contributed by atoms with Crippen LogP contribution in [-0.2, 0) is 0 Å². The van der Waals surface area contributed by atoms with E-state index in [4.69, 9.17) is 11.2 Å². The second-order valence-electron chi connectivity index (χ2n) is 5.42. The first-order chi connectivity index (χ1) is 12.1. The monoisotopic (exact) mass is 335 g/mol. The van der Waals surface area contributed by atoms with Crippen molar-refractivity contribution in [3.05, 3.63) is 59.7 Å². The van der Waals surface area contributed by atoms with Crippen molar-refractivity contribution >= 4 is 23.9 Å². The molecule has 0 aliphatic rings. The van der Waals surface area contributed by atoms with E-state index in [1.54, 1.807) is 0 Å². The first kappa shape index (κ1) is 18.2. The van der Waals surface area contributed by atoms with E-state index in [0.717, 1.165) is 23.3 Å². The van der Waals surface area contributed by atoms with Gasteiger partial charge in [0.05, 0.1) is 0 Å². The third kappa shape index (κ3) is 5.43. The largest absolute Gasteiger partial charge is 0.481 e. The molecule has 2 rings (SSSR count). The number of amides is 1. The van der Waals surface area contributed by atoms with Crippen molar-refractivity contribution in [3.63, 3.8) is 0 Å². The first-order valence-electron chi connectivity index (χ1n) is 8.09. The van der Waals surface area contributed by atoms with E-state index in [2.05, 4.69) is 5.92 Å². The highest BCUT2D eigenvalue weighted by Gasteiger charge is 2.12. The number of carbonyl (C=O) groups is 1. The number of hydrogen-bond acceptors (Lipinski definition) is 2. The number of benzene rings is 2. The summed E-state index contributed by atoms with van der Waals surface area (Å²) in [5.74, 6) is 3.17. The Morgan fingerprint density at radius 1 is 1.12 bits per heavy atom. The summed E-state index contributed by atoms with van der Waals surface area (Å²) in [7, 11) is 0. The van der Waals surface area contributed by atoms with E-state index in [9.17, 15) is 9.90 Å². The van der Waals surface area contributed by atoms with E-state index < -0.39 is 6.09 Å². The molecule has 0 spiro atoms. The summed E-state index contributed by atoms with van der Waals surface area (Å²) in [4.78, 5) is 12.6. The lowest BCUT2D eigenvalue weighted by molar-refractivity contribution is 0.202. The van der Waals surface area contributed by atoms with Gasteiger partial charge in [0.1, 0.15) is 12.4 Å². The second-order valence-corrected chi connectivity index (χ2v) is 5.42. The Balaban J connectivity index is 2.04. The number of rotatable bonds is 7. The molecule has 1 N–H and O–H groups in total. The fourth-order valence-corrected chi connectivity index (χ4v) is 2.32. The molecule has 0 heterocycles. The maximum absolute atomic E-state index is 11.3. The van der Waals surface area contributed by atoms with Gasteiger partial charge < -0.3 is 9.84 Å². The molecule has 4 heteroatoms. The molecule has 128 valence electrons. The van der Waals surface area contributed by atoms with Crippen molar-refractivity contribution < 1.29 is 14.6 Å². The lowest BCUT2D eigenvalue weighted by atomic mass is 10.1. The van der Waals surface area contributed by atoms with Crippen LogP contribution in [0, 0.1) is 12.3 Å². The molecule has 25 heavy (non-hydrogen) atoms. The van der Waals surface area contributed by atoms with Crippen LogP contribution < -0.4 is 9.64 Å². The molecule has 0 radical (unpaired) electrons. The molecular formula is C21H21NO3. The summed E-state index contributed by atoms with van der Waals surface area (Å²) in [6.45, 7) is 2.70. The van der Waals surface area contributed by atoms with Crippen LogP contribution in [0.2, 0.25) is 0 Å². The van der Waals surface area contributed by atoms with E-state index in [1.165, 1.54) is 4.90 Å². The van der Waals surface area contributed by atoms with Gasteiger partial charge in [0, 0.05) is 12.2 Å². The van der Waals surface area contributed by atoms with Crippen LogP contribution in [0.3, 0.4) is 0 Å². The summed E-state index contributed by atoms with van der Waals surface area (Å²) in [6.07, 6.45) is 8.96. The molecule has 4 nitrogen and oxygen atoms in total. The van der Waals surface area contributed by atoms with E-state index in [-0.39, 0.29) is 6.61 Å². The van der Waals surface area contributed by atoms with Crippen molar-refractivity contribution in [1.82, 2.24) is 0 Å². The lowest BCUT2D eigenvalue weighted by Gasteiger charge is -2.18. The molecule has 0 aliphatic carbocycles. The zero-order valence-corrected chi connectivity index (χ0v) is 14.2. The van der Waals surface area contributed by atoms with E-state index in [1.807, 2.05) is 67.6 Å². The molecule has 0 bridgehead atoms. The SMILES string of the molecule is C#CCOc1ccc(/C=C/c2ccc(N(CCC)C(=O)O)cc2)cc1. The Hall–Kier alpha value is -3.19. The highest BCUT2D eigenvalue weighted by molar-refractivity contribution is 5.86. The molecule has 0 saturated carbocycles. The number of anilines is 1. The minimum absolute atomic E-state index is 0.257. The van der Waals surface area contributed by atoms with Crippen LogP contribution in [0.1, 0.15) is 24.5 Å². The lowest BCUT2D eigenvalue weighted by Crippen LogP contribution is -2.29. The fourth-order valence-electron chi connectivity index (χ4n) is 2.32. The second kappa shape index (κ2) is 9.19. The number of hydrogen-bond donors (Lipinski definition) is 1. The van der Waals surface area contributed by atoms with Gasteiger partial charge in [-0.25, -0.2) is 4.79 Å². The topological polar surface area (TPSA) is 49.8 Å². The normalized spacial score (nSPS) is 10.4. The minimum Gasteiger partial charge on any atom is -0.481 e. The van der Waals surface area contributed by atoms with E-state index in [0.29, 0.717) is 12.2 Å². The molecule has 0 atom stereocenters. The summed E-state index contributed by atoms with van der Waals surface area (Å²) < 4.78 is 5.33. The molecule has 0 saturated heterocycles. The zero-order chi connectivity index (χ0) is 18.1. The Labute approximate surface area is 148 Å². The van der Waals surface area contributed by atoms with E-state index >= 15 is 0 Å². The van der Waals surface area contributed by atoms with Crippen LogP contribution in [-0.4, -0.2) is 24.4 Å². The quantitative estimate of drug-likeness (QED) is 0.586. The molecular weight excluding hydrogens is 314 g/mol. The van der Waals surface area contributed by atoms with Crippen molar-refractivity contribution in [2.45, 2.75) is 13.3 Å². The first-order valence-corrected chi connectivity index (χ1v) is 8.09. The Morgan fingerprint density at radius 2 is 1.68 bits per heavy atom. The van der Waals surface area contributed by atoms with Gasteiger partial charge in [-0.05, 0) is 41.8 Å². The van der Waals surface area contributed by atoms with Gasteiger partial charge in [0.2, 0.25) is 0 Å². The van der Waals surface area contributed by atoms with Crippen LogP contribution in [0.15, 0.2) is 48.5 Å². The van der Waals surface area contributed by atoms with Gasteiger partial charge in [-0.15, -0.1) is 6.42 Å². The molecule has 2 aromatic carbocycles. The predicted molar refractivity (Wildman–Crippen MR) is 102 cm³/mol. The highest BCUT2D eigenvalue weighted by Crippen LogP contribution is 2.18. The number of nitrogens with zero attached hydrogens (tertiary/aromatic N) is 1. The average molecular weight is 335 g/mol. The van der Waals surface area contributed by atoms with Gasteiger partial charge >= 0.3 is 6.09 Å². The fraction of sp³-hybridized carbons (Fsp3) is 0.190. The summed E-state index contributed by atoms with van der Waals surface area (Å²) in [5.41, 5.74) is 2.72. The molecule has 1 amide bonds. The molecule has 2 aromatic rings. The number of carboxylic acid groups (broad SMARTS) is 1. The van der Waals surface area contributed by atoms with Gasteiger partial charge in [-0.2, -0.15) is 0 Å². The minimum atomic E-state index is -0.933. The third-order valence-electron chi connectivity index (χ3n) is 3.55. The van der Waals surface area contributed by atoms with Crippen molar-refractivity contribution in [2.75, 3.05) is 18.1 Å². The molecule has 0 fully saturated rings. The van der Waals surface area contributed by atoms with Crippen molar-refractivity contribution in [3.8, 4) is 18.1 Å². The molecule has 0 aromatic heterocycles. The Kier molecular flexibility index (Phi) is 6.67. The third-order valence-corrected chi connectivity index (χ3v) is 3.55. The Bertz CT molecular complexity index is 755. The Morgan fingerprint density at radius 3 is 2.16 bits per heavy atom. The van der Waals surface area contributed by atoms with Crippen LogP contribution in [0.4, 0.5) is 10.5 Å². The molecule has 0 unspecified atom stereocenters. The van der Waals surface area contributed by atoms with Gasteiger partial charge in [0.25, 0.3) is 0 Å². The van der Waals surface area contributed by atoms with Gasteiger partial charge in [-0.3, -0.25) is 4.90 Å². The average Bonchev–Trinajstić information content (AvgIpc) is 2.64. The number of ether oxygens (including phenoxy) is 1. The van der Waals surface area contributed by atoms with Crippen molar-refractivity contribution in [2.24, 2.45) is 0 Å². The maximum atomic E-state index is 11.3. The highest BCUT2D eigenvalue weighted by atomic mass is 16.5. The van der Waals surface area contributed by atoms with Crippen LogP contribution in [0.5, 0.6) is 5.75 Å². The summed E-state index contributed by atoms with van der Waals surface area (Å²) in [6, 6.07) is 15.1. The number of terminal acetylenes is 1. The standard InChI is InChI=1S/C21H21NO3/c1-3-15-22(21(23)24)19-11-7-17(8-12-19)5-6-18-9-13-20(14-10-18)25-16-4-2/h2,5-14H,3,15-16H2,1H3,(H,23,24)/b6-5+. The van der Waals surface area contributed by atoms with Gasteiger partial charge in [-0.1, -0.05) is 49.3 Å². The summed E-state index contributed by atoms with van der Waals surface area (Å²) >= 11 is 0.